The Bertz CT molecular complexity index is 1190. The normalized spacial score (nSPS) is 20.4. The van der Waals surface area contributed by atoms with Crippen LogP contribution in [0.1, 0.15) is 30.7 Å². The molecule has 2 aliphatic heterocycles. The number of carbonyl (C=O) groups is 1. The van der Waals surface area contributed by atoms with Crippen LogP contribution < -0.4 is 4.90 Å². The van der Waals surface area contributed by atoms with Gasteiger partial charge in [-0.3, -0.25) is 4.79 Å². The molecule has 2 aromatic rings. The molecule has 4 rings (SSSR count). The fourth-order valence-electron chi connectivity index (χ4n) is 4.43. The minimum absolute atomic E-state index is 0.0654. The van der Waals surface area contributed by atoms with Gasteiger partial charge in [-0.1, -0.05) is 0 Å². The van der Waals surface area contributed by atoms with Crippen LogP contribution in [-0.4, -0.2) is 61.3 Å². The van der Waals surface area contributed by atoms with Crippen molar-refractivity contribution < 1.29 is 39.7 Å². The third-order valence-corrected chi connectivity index (χ3v) is 7.28. The van der Waals surface area contributed by atoms with Gasteiger partial charge >= 0.3 is 12.1 Å². The number of hydrogen-bond acceptors (Lipinski definition) is 7. The van der Waals surface area contributed by atoms with Crippen LogP contribution in [0.25, 0.3) is 0 Å². The van der Waals surface area contributed by atoms with Crippen molar-refractivity contribution in [3.05, 3.63) is 35.2 Å². The Balaban J connectivity index is 1.37. The van der Waals surface area contributed by atoms with E-state index in [0.29, 0.717) is 45.0 Å². The number of hydrogen-bond donors (Lipinski definition) is 0. The molecule has 2 saturated heterocycles. The average molecular weight is 508 g/mol. The van der Waals surface area contributed by atoms with E-state index in [1.807, 2.05) is 0 Å². The summed E-state index contributed by atoms with van der Waals surface area (Å²) in [7, 11) is -3.93. The van der Waals surface area contributed by atoms with Gasteiger partial charge in [-0.05, 0) is 48.5 Å². The number of alkyl halides is 3. The lowest BCUT2D eigenvalue weighted by molar-refractivity contribution is -0.159. The highest BCUT2D eigenvalue weighted by atomic mass is 32.2. The second-order valence-electron chi connectivity index (χ2n) is 8.48. The van der Waals surface area contributed by atoms with E-state index >= 15 is 0 Å². The van der Waals surface area contributed by atoms with Crippen LogP contribution in [0.2, 0.25) is 0 Å². The van der Waals surface area contributed by atoms with E-state index in [9.17, 15) is 35.2 Å². The maximum Gasteiger partial charge on any atom is 0.471 e. The predicted molar refractivity (Wildman–Crippen MR) is 108 cm³/mol. The zero-order valence-corrected chi connectivity index (χ0v) is 18.8. The van der Waals surface area contributed by atoms with Crippen LogP contribution in [0, 0.1) is 17.6 Å². The molecule has 14 heteroatoms. The molecule has 0 radical (unpaired) electrons. The second kappa shape index (κ2) is 8.78. The van der Waals surface area contributed by atoms with Gasteiger partial charge in [0, 0.05) is 37.8 Å². The van der Waals surface area contributed by atoms with Crippen LogP contribution in [-0.2, 0) is 27.2 Å². The molecule has 8 nitrogen and oxygen atoms in total. The third kappa shape index (κ3) is 4.86. The van der Waals surface area contributed by atoms with E-state index in [0.717, 1.165) is 12.3 Å². The Morgan fingerprint density at radius 2 is 1.76 bits per heavy atom. The summed E-state index contributed by atoms with van der Waals surface area (Å²) in [5.74, 6) is -4.34. The first kappa shape index (κ1) is 24.4. The zero-order valence-electron chi connectivity index (χ0n) is 18.0. The Morgan fingerprint density at radius 1 is 1.09 bits per heavy atom. The molecule has 0 spiro atoms. The Kier molecular flexibility index (Phi) is 6.29. The number of piperidine rings is 1. The van der Waals surface area contributed by atoms with Gasteiger partial charge in [0.25, 0.3) is 5.95 Å². The topological polar surface area (TPSA) is 96.6 Å². The number of anilines is 1. The van der Waals surface area contributed by atoms with Gasteiger partial charge in [0.2, 0.25) is 5.91 Å². The number of benzene rings is 1. The molecule has 34 heavy (non-hydrogen) atoms. The van der Waals surface area contributed by atoms with E-state index in [1.165, 1.54) is 0 Å². The van der Waals surface area contributed by atoms with Crippen LogP contribution in [0.15, 0.2) is 21.6 Å². The second-order valence-corrected chi connectivity index (χ2v) is 10.5. The molecule has 2 fully saturated rings. The highest BCUT2D eigenvalue weighted by Gasteiger charge is 2.41. The molecule has 0 saturated carbocycles. The molecule has 0 aliphatic carbocycles. The quantitative estimate of drug-likeness (QED) is 0.573. The molecule has 0 bridgehead atoms. The summed E-state index contributed by atoms with van der Waals surface area (Å²) in [5, 5.41) is 3.37. The molecule has 1 amide bonds. The Hall–Kier alpha value is -2.77. The van der Waals surface area contributed by atoms with Gasteiger partial charge in [-0.2, -0.15) is 18.2 Å². The van der Waals surface area contributed by atoms with Gasteiger partial charge in [-0.25, -0.2) is 17.2 Å². The van der Waals surface area contributed by atoms with E-state index in [2.05, 4.69) is 14.7 Å². The van der Waals surface area contributed by atoms with Crippen molar-refractivity contribution in [2.45, 2.75) is 42.8 Å². The average Bonchev–Trinajstić information content (AvgIpc) is 3.38. The fourth-order valence-corrected chi connectivity index (χ4v) is 5.16. The molecule has 1 aromatic carbocycles. The summed E-state index contributed by atoms with van der Waals surface area (Å²) in [4.78, 5) is 18.8. The first-order chi connectivity index (χ1) is 15.8. The number of halogens is 5. The van der Waals surface area contributed by atoms with Crippen molar-refractivity contribution in [3.63, 3.8) is 0 Å². The maximum atomic E-state index is 14.4. The fraction of sp³-hybridized carbons (Fsp3) is 0.550. The Morgan fingerprint density at radius 3 is 2.35 bits per heavy atom. The van der Waals surface area contributed by atoms with Gasteiger partial charge < -0.3 is 14.3 Å². The minimum atomic E-state index is -4.73. The number of likely N-dealkylation sites (tertiary alicyclic amines) is 1. The lowest BCUT2D eigenvalue weighted by Gasteiger charge is -2.36. The largest absolute Gasteiger partial charge is 0.471 e. The summed E-state index contributed by atoms with van der Waals surface area (Å²) in [6.07, 6.45) is -2.64. The van der Waals surface area contributed by atoms with Crippen molar-refractivity contribution in [3.8, 4) is 0 Å². The van der Waals surface area contributed by atoms with Crippen LogP contribution in [0.4, 0.5) is 27.9 Å². The van der Waals surface area contributed by atoms with Crippen molar-refractivity contribution in [1.29, 1.82) is 0 Å². The van der Waals surface area contributed by atoms with Crippen molar-refractivity contribution in [1.82, 2.24) is 15.0 Å². The standard InChI is InChI=1S/C20H21F5N4O4S/c1-34(31,32)16-10-14(21)12(9-15(16)22)8-11-2-7-29(17(11)30)13-3-5-28(6-4-13)19-26-18(33-27-19)20(23,24)25/h9-11,13H,2-8H2,1H3/t11-/m1/s1. The summed E-state index contributed by atoms with van der Waals surface area (Å²) in [6.45, 7) is 1.06. The lowest BCUT2D eigenvalue weighted by Crippen LogP contribution is -2.46. The molecular formula is C20H21F5N4O4S. The predicted octanol–water partition coefficient (Wildman–Crippen LogP) is 2.83. The molecule has 186 valence electrons. The SMILES string of the molecule is CS(=O)(=O)c1cc(F)c(C[C@H]2CCN(C3CCN(c4noc(C(F)(F)F)n4)CC3)C2=O)cc1F. The molecule has 2 aliphatic rings. The van der Waals surface area contributed by atoms with Crippen molar-refractivity contribution in [2.75, 3.05) is 30.8 Å². The highest BCUT2D eigenvalue weighted by molar-refractivity contribution is 7.90. The van der Waals surface area contributed by atoms with Gasteiger partial charge in [0.05, 0.1) is 0 Å². The number of amides is 1. The monoisotopic (exact) mass is 508 g/mol. The van der Waals surface area contributed by atoms with E-state index in [1.54, 1.807) is 9.80 Å². The molecule has 0 unspecified atom stereocenters. The van der Waals surface area contributed by atoms with Gasteiger partial charge in [0.15, 0.2) is 9.84 Å². The number of sulfone groups is 1. The van der Waals surface area contributed by atoms with Crippen LogP contribution in [0.3, 0.4) is 0 Å². The number of nitrogens with zero attached hydrogens (tertiary/aromatic N) is 4. The maximum absolute atomic E-state index is 14.4. The highest BCUT2D eigenvalue weighted by Crippen LogP contribution is 2.32. The smallest absolute Gasteiger partial charge is 0.339 e. The molecule has 1 aromatic heterocycles. The summed E-state index contributed by atoms with van der Waals surface area (Å²) in [5.41, 5.74) is -0.0718. The molecule has 1 atom stereocenters. The first-order valence-electron chi connectivity index (χ1n) is 10.5. The summed E-state index contributed by atoms with van der Waals surface area (Å²) in [6, 6.07) is 1.30. The van der Waals surface area contributed by atoms with Gasteiger partial charge in [0.1, 0.15) is 16.5 Å². The van der Waals surface area contributed by atoms with Crippen LogP contribution >= 0.6 is 0 Å². The number of rotatable bonds is 5. The van der Waals surface area contributed by atoms with E-state index in [-0.39, 0.29) is 29.9 Å². The van der Waals surface area contributed by atoms with Crippen molar-refractivity contribution in [2.24, 2.45) is 5.92 Å². The first-order valence-corrected chi connectivity index (χ1v) is 12.4. The zero-order chi connectivity index (χ0) is 24.8. The Labute approximate surface area is 191 Å². The van der Waals surface area contributed by atoms with Crippen molar-refractivity contribution >= 4 is 21.7 Å². The number of carbonyl (C=O) groups excluding carboxylic acids is 1. The molecule has 3 heterocycles. The number of aromatic nitrogens is 2. The third-order valence-electron chi connectivity index (χ3n) is 6.16. The molecule has 0 N–H and O–H groups in total. The summed E-state index contributed by atoms with van der Waals surface area (Å²) < 4.78 is 94.0. The van der Waals surface area contributed by atoms with Crippen LogP contribution in [0.5, 0.6) is 0 Å². The lowest BCUT2D eigenvalue weighted by atomic mass is 9.97. The molecular weight excluding hydrogens is 487 g/mol. The van der Waals surface area contributed by atoms with E-state index < -0.39 is 44.4 Å². The minimum Gasteiger partial charge on any atom is -0.339 e. The van der Waals surface area contributed by atoms with Gasteiger partial charge in [-0.15, -0.1) is 0 Å². The summed E-state index contributed by atoms with van der Waals surface area (Å²) >= 11 is 0. The van der Waals surface area contributed by atoms with E-state index in [4.69, 9.17) is 0 Å².